The number of aliphatic hydroxyl groups excluding tert-OH is 1. The fourth-order valence-electron chi connectivity index (χ4n) is 3.08. The molecule has 0 radical (unpaired) electrons. The third-order valence-electron chi connectivity index (χ3n) is 4.60. The van der Waals surface area contributed by atoms with E-state index in [0.29, 0.717) is 18.8 Å². The van der Waals surface area contributed by atoms with Crippen molar-refractivity contribution in [1.29, 1.82) is 5.26 Å². The van der Waals surface area contributed by atoms with Crippen molar-refractivity contribution in [2.24, 2.45) is 11.3 Å². The van der Waals surface area contributed by atoms with Crippen LogP contribution in [-0.4, -0.2) is 5.11 Å². The van der Waals surface area contributed by atoms with Crippen molar-refractivity contribution in [2.45, 2.75) is 45.1 Å². The molecule has 20 heavy (non-hydrogen) atoms. The number of rotatable bonds is 3. The second kappa shape index (κ2) is 5.88. The molecule has 1 aliphatic rings. The molecule has 1 fully saturated rings. The molecular weight excluding hydrogens is 260 g/mol. The van der Waals surface area contributed by atoms with Crippen LogP contribution in [0.25, 0.3) is 0 Å². The normalized spacial score (nSPS) is 27.9. The molecule has 0 spiro atoms. The van der Waals surface area contributed by atoms with Crippen LogP contribution in [0.2, 0.25) is 0 Å². The van der Waals surface area contributed by atoms with Crippen LogP contribution in [0.5, 0.6) is 0 Å². The van der Waals surface area contributed by atoms with E-state index >= 15 is 0 Å². The van der Waals surface area contributed by atoms with E-state index in [0.717, 1.165) is 25.3 Å². The van der Waals surface area contributed by atoms with E-state index in [1.165, 1.54) is 12.1 Å². The molecule has 1 aromatic rings. The topological polar surface area (TPSA) is 44.0 Å². The van der Waals surface area contributed by atoms with Gasteiger partial charge in [-0.2, -0.15) is 5.26 Å². The Morgan fingerprint density at radius 1 is 1.40 bits per heavy atom. The molecule has 2 nitrogen and oxygen atoms in total. The second-order valence-corrected chi connectivity index (χ2v) is 5.67. The van der Waals surface area contributed by atoms with Crippen LogP contribution >= 0.6 is 0 Å². The van der Waals surface area contributed by atoms with E-state index < -0.39 is 23.2 Å². The molecule has 4 heteroatoms. The van der Waals surface area contributed by atoms with Crippen LogP contribution in [0.15, 0.2) is 18.2 Å². The fourth-order valence-corrected chi connectivity index (χ4v) is 3.08. The number of nitriles is 1. The quantitative estimate of drug-likeness (QED) is 0.905. The highest BCUT2D eigenvalue weighted by atomic mass is 19.2. The predicted molar refractivity (Wildman–Crippen MR) is 71.6 cm³/mol. The van der Waals surface area contributed by atoms with Crippen LogP contribution in [0, 0.1) is 34.3 Å². The highest BCUT2D eigenvalue weighted by Crippen LogP contribution is 2.48. The fraction of sp³-hybridized carbons (Fsp3) is 0.562. The van der Waals surface area contributed by atoms with Crippen LogP contribution in [-0.2, 0) is 0 Å². The molecule has 1 aliphatic carbocycles. The van der Waals surface area contributed by atoms with E-state index in [1.807, 2.05) is 0 Å². The van der Waals surface area contributed by atoms with Gasteiger partial charge in [-0.15, -0.1) is 0 Å². The lowest BCUT2D eigenvalue weighted by molar-refractivity contribution is 0.0215. The Kier molecular flexibility index (Phi) is 4.39. The first-order valence-electron chi connectivity index (χ1n) is 7.07. The summed E-state index contributed by atoms with van der Waals surface area (Å²) < 4.78 is 27.1. The van der Waals surface area contributed by atoms with E-state index in [9.17, 15) is 19.1 Å². The molecule has 1 unspecified atom stereocenters. The first-order valence-corrected chi connectivity index (χ1v) is 7.07. The lowest BCUT2D eigenvalue weighted by Crippen LogP contribution is -2.33. The molecule has 1 atom stereocenters. The zero-order chi connectivity index (χ0) is 14.8. The van der Waals surface area contributed by atoms with Crippen LogP contribution in [0.1, 0.15) is 50.7 Å². The van der Waals surface area contributed by atoms with Gasteiger partial charge in [-0.1, -0.05) is 25.5 Å². The van der Waals surface area contributed by atoms with Crippen molar-refractivity contribution in [3.63, 3.8) is 0 Å². The largest absolute Gasteiger partial charge is 0.387 e. The number of aliphatic hydroxyl groups is 1. The van der Waals surface area contributed by atoms with Gasteiger partial charge in [-0.05, 0) is 37.7 Å². The van der Waals surface area contributed by atoms with Crippen molar-refractivity contribution < 1.29 is 13.9 Å². The third kappa shape index (κ3) is 2.55. The number of halogens is 2. The molecule has 1 aromatic carbocycles. The second-order valence-electron chi connectivity index (χ2n) is 5.67. The standard InChI is InChI=1S/C16H19F2NO/c1-2-11-6-8-16(10-19,9-7-11)15(20)12-4-3-5-13(17)14(12)18/h3-5,11,15,20H,2,6-9H2,1H3. The van der Waals surface area contributed by atoms with Crippen molar-refractivity contribution in [3.8, 4) is 6.07 Å². The van der Waals surface area contributed by atoms with Crippen molar-refractivity contribution in [2.75, 3.05) is 0 Å². The van der Waals surface area contributed by atoms with Crippen molar-refractivity contribution >= 4 is 0 Å². The van der Waals surface area contributed by atoms with E-state index in [1.54, 1.807) is 0 Å². The average molecular weight is 279 g/mol. The lowest BCUT2D eigenvalue weighted by Gasteiger charge is -2.38. The van der Waals surface area contributed by atoms with Crippen molar-refractivity contribution in [3.05, 3.63) is 35.4 Å². The summed E-state index contributed by atoms with van der Waals surface area (Å²) in [7, 11) is 0. The zero-order valence-corrected chi connectivity index (χ0v) is 11.6. The van der Waals surface area contributed by atoms with Gasteiger partial charge in [0.15, 0.2) is 11.6 Å². The summed E-state index contributed by atoms with van der Waals surface area (Å²) in [5.41, 5.74) is -1.11. The Morgan fingerprint density at radius 2 is 2.05 bits per heavy atom. The predicted octanol–water partition coefficient (Wildman–Crippen LogP) is 4.11. The van der Waals surface area contributed by atoms with Crippen molar-refractivity contribution in [1.82, 2.24) is 0 Å². The minimum atomic E-state index is -1.28. The molecule has 0 aromatic heterocycles. The highest BCUT2D eigenvalue weighted by molar-refractivity contribution is 5.26. The monoisotopic (exact) mass is 279 g/mol. The van der Waals surface area contributed by atoms with Gasteiger partial charge >= 0.3 is 0 Å². The summed E-state index contributed by atoms with van der Waals surface area (Å²) in [5.74, 6) is -1.48. The van der Waals surface area contributed by atoms with E-state index in [2.05, 4.69) is 13.0 Å². The number of benzene rings is 1. The number of hydrogen-bond donors (Lipinski definition) is 1. The maximum absolute atomic E-state index is 13.8. The average Bonchev–Trinajstić information content (AvgIpc) is 2.49. The van der Waals surface area contributed by atoms with Gasteiger partial charge < -0.3 is 5.11 Å². The summed E-state index contributed by atoms with van der Waals surface area (Å²) in [5, 5.41) is 19.9. The Morgan fingerprint density at radius 3 is 2.60 bits per heavy atom. The van der Waals surface area contributed by atoms with Crippen LogP contribution in [0.3, 0.4) is 0 Å². The molecule has 0 bridgehead atoms. The van der Waals surface area contributed by atoms with Gasteiger partial charge in [0.2, 0.25) is 0 Å². The molecule has 0 amide bonds. The summed E-state index contributed by atoms with van der Waals surface area (Å²) >= 11 is 0. The lowest BCUT2D eigenvalue weighted by atomic mass is 9.66. The van der Waals surface area contributed by atoms with Crippen LogP contribution in [0.4, 0.5) is 8.78 Å². The first kappa shape index (κ1) is 14.9. The Balaban J connectivity index is 2.28. The third-order valence-corrected chi connectivity index (χ3v) is 4.60. The van der Waals surface area contributed by atoms with Crippen LogP contribution < -0.4 is 0 Å². The smallest absolute Gasteiger partial charge is 0.164 e. The molecule has 108 valence electrons. The van der Waals surface area contributed by atoms with Gasteiger partial charge in [0.05, 0.1) is 11.5 Å². The van der Waals surface area contributed by atoms with Gasteiger partial charge in [0.25, 0.3) is 0 Å². The highest BCUT2D eigenvalue weighted by Gasteiger charge is 2.43. The Hall–Kier alpha value is -1.47. The number of nitrogens with zero attached hydrogens (tertiary/aromatic N) is 1. The SMILES string of the molecule is CCC1CCC(C#N)(C(O)c2cccc(F)c2F)CC1. The first-order chi connectivity index (χ1) is 9.54. The van der Waals surface area contributed by atoms with Gasteiger partial charge in [0.1, 0.15) is 6.10 Å². The summed E-state index contributed by atoms with van der Waals surface area (Å²) in [6.07, 6.45) is 2.52. The summed E-state index contributed by atoms with van der Waals surface area (Å²) in [6, 6.07) is 5.90. The van der Waals surface area contributed by atoms with Gasteiger partial charge in [-0.25, -0.2) is 8.78 Å². The Labute approximate surface area is 118 Å². The van der Waals surface area contributed by atoms with E-state index in [-0.39, 0.29) is 5.56 Å². The maximum atomic E-state index is 13.8. The van der Waals surface area contributed by atoms with Gasteiger partial charge in [0, 0.05) is 5.56 Å². The molecule has 0 saturated heterocycles. The molecule has 0 heterocycles. The molecule has 1 saturated carbocycles. The minimum absolute atomic E-state index is 0.110. The Bertz CT molecular complexity index is 516. The summed E-state index contributed by atoms with van der Waals surface area (Å²) in [4.78, 5) is 0. The molecule has 1 N–H and O–H groups in total. The van der Waals surface area contributed by atoms with E-state index in [4.69, 9.17) is 0 Å². The summed E-state index contributed by atoms with van der Waals surface area (Å²) in [6.45, 7) is 2.10. The maximum Gasteiger partial charge on any atom is 0.164 e. The molecule has 0 aliphatic heterocycles. The number of hydrogen-bond acceptors (Lipinski definition) is 2. The van der Waals surface area contributed by atoms with Gasteiger partial charge in [-0.3, -0.25) is 0 Å². The molecule has 2 rings (SSSR count). The zero-order valence-electron chi connectivity index (χ0n) is 11.6. The molecular formula is C16H19F2NO. The minimum Gasteiger partial charge on any atom is -0.387 e.